The Kier molecular flexibility index (Phi) is 3.57. The number of hydrogen-bond acceptors (Lipinski definition) is 4. The minimum Gasteiger partial charge on any atom is -0.384 e. The topological polar surface area (TPSA) is 78.0 Å². The molecule has 0 saturated heterocycles. The van der Waals surface area contributed by atoms with Crippen LogP contribution in [0.25, 0.3) is 11.3 Å². The zero-order chi connectivity index (χ0) is 14.0. The second-order valence-electron chi connectivity index (χ2n) is 4.32. The lowest BCUT2D eigenvalue weighted by molar-refractivity contribution is 0.588. The number of anilines is 1. The highest BCUT2D eigenvalue weighted by Crippen LogP contribution is 2.21. The van der Waals surface area contributed by atoms with Crippen LogP contribution >= 0.6 is 0 Å². The van der Waals surface area contributed by atoms with Crippen LogP contribution in [0.2, 0.25) is 0 Å². The molecule has 0 aliphatic carbocycles. The third-order valence-corrected chi connectivity index (χ3v) is 3.53. The smallest absolute Gasteiger partial charge is 0.149 e. The van der Waals surface area contributed by atoms with E-state index in [0.717, 1.165) is 6.26 Å². The summed E-state index contributed by atoms with van der Waals surface area (Å²) >= 11 is 0. The van der Waals surface area contributed by atoms with E-state index in [-0.39, 0.29) is 18.1 Å². The maximum atomic E-state index is 13.1. The first-order valence-electron chi connectivity index (χ1n) is 5.62. The Morgan fingerprint density at radius 1 is 1.37 bits per heavy atom. The van der Waals surface area contributed by atoms with E-state index in [2.05, 4.69) is 5.10 Å². The average Bonchev–Trinajstić information content (AvgIpc) is 2.67. The van der Waals surface area contributed by atoms with E-state index >= 15 is 0 Å². The van der Waals surface area contributed by atoms with Gasteiger partial charge in [0.05, 0.1) is 18.0 Å². The molecule has 0 atom stereocenters. The number of nitrogens with two attached hydrogens (primary N) is 1. The molecule has 102 valence electrons. The summed E-state index contributed by atoms with van der Waals surface area (Å²) < 4.78 is 36.7. The first-order chi connectivity index (χ1) is 8.85. The lowest BCUT2D eigenvalue weighted by Crippen LogP contribution is -2.13. The van der Waals surface area contributed by atoms with Crippen LogP contribution in [0.1, 0.15) is 0 Å². The predicted molar refractivity (Wildman–Crippen MR) is 71.7 cm³/mol. The quantitative estimate of drug-likeness (QED) is 0.918. The SMILES string of the molecule is CS(=O)(=O)CCn1nc(-c2cccc(F)c2)cc1N. The van der Waals surface area contributed by atoms with Gasteiger partial charge in [-0.15, -0.1) is 0 Å². The minimum atomic E-state index is -3.08. The van der Waals surface area contributed by atoms with E-state index in [1.165, 1.54) is 16.8 Å². The molecule has 0 amide bonds. The maximum absolute atomic E-state index is 13.1. The first-order valence-corrected chi connectivity index (χ1v) is 7.68. The van der Waals surface area contributed by atoms with E-state index in [1.54, 1.807) is 18.2 Å². The summed E-state index contributed by atoms with van der Waals surface area (Å²) in [6, 6.07) is 7.58. The Morgan fingerprint density at radius 3 is 2.74 bits per heavy atom. The Bertz CT molecular complexity index is 695. The first kappa shape index (κ1) is 13.5. The van der Waals surface area contributed by atoms with E-state index < -0.39 is 9.84 Å². The van der Waals surface area contributed by atoms with Crippen molar-refractivity contribution in [1.82, 2.24) is 9.78 Å². The third-order valence-electron chi connectivity index (χ3n) is 2.61. The van der Waals surface area contributed by atoms with Crippen LogP contribution < -0.4 is 5.73 Å². The Labute approximate surface area is 110 Å². The fraction of sp³-hybridized carbons (Fsp3) is 0.250. The van der Waals surface area contributed by atoms with Gasteiger partial charge >= 0.3 is 0 Å². The number of sulfone groups is 1. The van der Waals surface area contributed by atoms with Crippen LogP contribution in [-0.4, -0.2) is 30.2 Å². The molecule has 1 aromatic carbocycles. The van der Waals surface area contributed by atoms with E-state index in [4.69, 9.17) is 5.73 Å². The molecule has 2 N–H and O–H groups in total. The summed E-state index contributed by atoms with van der Waals surface area (Å²) in [5, 5.41) is 4.18. The Hall–Kier alpha value is -1.89. The van der Waals surface area contributed by atoms with Gasteiger partial charge in [-0.2, -0.15) is 5.10 Å². The van der Waals surface area contributed by atoms with Gasteiger partial charge in [0.1, 0.15) is 21.5 Å². The summed E-state index contributed by atoms with van der Waals surface area (Å²) in [6.07, 6.45) is 1.15. The van der Waals surface area contributed by atoms with Crippen molar-refractivity contribution in [2.45, 2.75) is 6.54 Å². The molecule has 0 aliphatic rings. The summed E-state index contributed by atoms with van der Waals surface area (Å²) in [5.74, 6) is -0.0498. The van der Waals surface area contributed by atoms with Gasteiger partial charge in [0, 0.05) is 17.9 Å². The largest absolute Gasteiger partial charge is 0.384 e. The number of rotatable bonds is 4. The fourth-order valence-electron chi connectivity index (χ4n) is 1.65. The number of nitrogen functional groups attached to an aromatic ring is 1. The van der Waals surface area contributed by atoms with Gasteiger partial charge in [0.15, 0.2) is 0 Å². The average molecular weight is 283 g/mol. The molecule has 19 heavy (non-hydrogen) atoms. The molecular weight excluding hydrogens is 269 g/mol. The second kappa shape index (κ2) is 5.00. The van der Waals surface area contributed by atoms with Crippen LogP contribution in [-0.2, 0) is 16.4 Å². The molecule has 0 bridgehead atoms. The predicted octanol–water partition coefficient (Wildman–Crippen LogP) is 1.32. The minimum absolute atomic E-state index is 0.0402. The van der Waals surface area contributed by atoms with Crippen LogP contribution in [0.5, 0.6) is 0 Å². The normalized spacial score (nSPS) is 11.7. The molecule has 0 spiro atoms. The van der Waals surface area contributed by atoms with Crippen molar-refractivity contribution in [2.75, 3.05) is 17.7 Å². The lowest BCUT2D eigenvalue weighted by Gasteiger charge is -2.02. The molecule has 5 nitrogen and oxygen atoms in total. The number of aryl methyl sites for hydroxylation is 1. The summed E-state index contributed by atoms with van der Waals surface area (Å²) in [5.41, 5.74) is 6.88. The molecule has 0 unspecified atom stereocenters. The van der Waals surface area contributed by atoms with Crippen LogP contribution in [0.15, 0.2) is 30.3 Å². The van der Waals surface area contributed by atoms with Crippen molar-refractivity contribution < 1.29 is 12.8 Å². The van der Waals surface area contributed by atoms with Gasteiger partial charge in [-0.05, 0) is 12.1 Å². The van der Waals surface area contributed by atoms with Gasteiger partial charge in [0.2, 0.25) is 0 Å². The second-order valence-corrected chi connectivity index (χ2v) is 6.58. The summed E-state index contributed by atoms with van der Waals surface area (Å²) in [6.45, 7) is 0.181. The highest BCUT2D eigenvalue weighted by molar-refractivity contribution is 7.90. The van der Waals surface area contributed by atoms with Crippen molar-refractivity contribution in [3.63, 3.8) is 0 Å². The molecule has 7 heteroatoms. The highest BCUT2D eigenvalue weighted by atomic mass is 32.2. The van der Waals surface area contributed by atoms with Gasteiger partial charge in [-0.1, -0.05) is 12.1 Å². The molecule has 1 heterocycles. The summed E-state index contributed by atoms with van der Waals surface area (Å²) in [4.78, 5) is 0. The van der Waals surface area contributed by atoms with Crippen LogP contribution in [0.3, 0.4) is 0 Å². The molecule has 2 aromatic rings. The van der Waals surface area contributed by atoms with E-state index in [1.807, 2.05) is 0 Å². The fourth-order valence-corrected chi connectivity index (χ4v) is 2.16. The number of nitrogens with zero attached hydrogens (tertiary/aromatic N) is 2. The van der Waals surface area contributed by atoms with E-state index in [9.17, 15) is 12.8 Å². The van der Waals surface area contributed by atoms with Gasteiger partial charge in [-0.25, -0.2) is 17.5 Å². The maximum Gasteiger partial charge on any atom is 0.149 e. The number of benzene rings is 1. The van der Waals surface area contributed by atoms with Crippen molar-refractivity contribution in [1.29, 1.82) is 0 Å². The van der Waals surface area contributed by atoms with Crippen molar-refractivity contribution in [3.05, 3.63) is 36.1 Å². The Morgan fingerprint density at radius 2 is 2.11 bits per heavy atom. The number of hydrogen-bond donors (Lipinski definition) is 1. The standard InChI is InChI=1S/C12H14FN3O2S/c1-19(17,18)6-5-16-12(14)8-11(15-16)9-3-2-4-10(13)7-9/h2-4,7-8H,5-6,14H2,1H3. The summed E-state index contributed by atoms with van der Waals surface area (Å²) in [7, 11) is -3.08. The van der Waals surface area contributed by atoms with Crippen molar-refractivity contribution >= 4 is 15.7 Å². The molecule has 0 saturated carbocycles. The van der Waals surface area contributed by atoms with Crippen LogP contribution in [0.4, 0.5) is 10.2 Å². The number of halogens is 1. The van der Waals surface area contributed by atoms with Crippen molar-refractivity contribution in [2.24, 2.45) is 0 Å². The highest BCUT2D eigenvalue weighted by Gasteiger charge is 2.10. The molecular formula is C12H14FN3O2S. The molecule has 1 aromatic heterocycles. The lowest BCUT2D eigenvalue weighted by atomic mass is 10.1. The van der Waals surface area contributed by atoms with Gasteiger partial charge in [-0.3, -0.25) is 0 Å². The van der Waals surface area contributed by atoms with Gasteiger partial charge < -0.3 is 5.73 Å². The molecule has 0 radical (unpaired) electrons. The monoisotopic (exact) mass is 283 g/mol. The zero-order valence-corrected chi connectivity index (χ0v) is 11.2. The van der Waals surface area contributed by atoms with Crippen molar-refractivity contribution in [3.8, 4) is 11.3 Å². The number of aromatic nitrogens is 2. The van der Waals surface area contributed by atoms with E-state index in [0.29, 0.717) is 17.1 Å². The van der Waals surface area contributed by atoms with Crippen LogP contribution in [0, 0.1) is 5.82 Å². The van der Waals surface area contributed by atoms with Gasteiger partial charge in [0.25, 0.3) is 0 Å². The molecule has 2 rings (SSSR count). The third kappa shape index (κ3) is 3.54. The Balaban J connectivity index is 2.26. The molecule has 0 aliphatic heterocycles. The molecule has 0 fully saturated rings. The zero-order valence-electron chi connectivity index (χ0n) is 10.4.